The maximum Gasteiger partial charge on any atom is 0.142 e. The number of benzene rings is 1. The summed E-state index contributed by atoms with van der Waals surface area (Å²) < 4.78 is 12.3. The van der Waals surface area contributed by atoms with E-state index >= 15 is 0 Å². The van der Waals surface area contributed by atoms with Crippen LogP contribution in [-0.4, -0.2) is 61.3 Å². The highest BCUT2D eigenvalue weighted by molar-refractivity contribution is 5.13. The van der Waals surface area contributed by atoms with Crippen LogP contribution in [0.2, 0.25) is 0 Å². The molecule has 0 amide bonds. The molecule has 4 atom stereocenters. The molecule has 1 N–H and O–H groups in total. The first-order chi connectivity index (χ1) is 9.08. The summed E-state index contributed by atoms with van der Waals surface area (Å²) in [7, 11) is 4.41. The van der Waals surface area contributed by atoms with Gasteiger partial charge in [-0.25, -0.2) is 0 Å². The molecule has 4 heteroatoms. The van der Waals surface area contributed by atoms with E-state index in [9.17, 15) is 5.11 Å². The third kappa shape index (κ3) is 2.41. The van der Waals surface area contributed by atoms with Crippen molar-refractivity contribution in [3.63, 3.8) is 0 Å². The molecule has 0 saturated carbocycles. The van der Waals surface area contributed by atoms with Crippen LogP contribution < -0.4 is 0 Å². The van der Waals surface area contributed by atoms with Crippen LogP contribution in [0.4, 0.5) is 0 Å². The van der Waals surface area contributed by atoms with Crippen LogP contribution in [0.3, 0.4) is 0 Å². The van der Waals surface area contributed by atoms with Crippen LogP contribution in [0.25, 0.3) is 0 Å². The Balaban J connectivity index is 1.74. The molecular formula is C15H22NO3+. The zero-order valence-electron chi connectivity index (χ0n) is 11.5. The molecule has 0 radical (unpaired) electrons. The van der Waals surface area contributed by atoms with Gasteiger partial charge in [-0.15, -0.1) is 0 Å². The molecule has 4 nitrogen and oxygen atoms in total. The number of rotatable bonds is 3. The number of quaternary nitrogens is 1. The van der Waals surface area contributed by atoms with Crippen molar-refractivity contribution in [2.45, 2.75) is 30.9 Å². The van der Waals surface area contributed by atoms with Crippen molar-refractivity contribution in [3.05, 3.63) is 35.9 Å². The molecule has 1 aromatic rings. The normalized spacial score (nSPS) is 34.5. The number of aliphatic hydroxyl groups is 1. The van der Waals surface area contributed by atoms with Crippen LogP contribution >= 0.6 is 0 Å². The molecule has 2 aliphatic rings. The van der Waals surface area contributed by atoms with E-state index in [2.05, 4.69) is 38.4 Å². The van der Waals surface area contributed by atoms with E-state index in [1.54, 1.807) is 0 Å². The maximum atomic E-state index is 9.82. The fraction of sp³-hybridized carbons (Fsp3) is 0.600. The average molecular weight is 264 g/mol. The van der Waals surface area contributed by atoms with Gasteiger partial charge in [0.05, 0.1) is 20.7 Å². The van der Waals surface area contributed by atoms with Crippen molar-refractivity contribution in [3.8, 4) is 0 Å². The van der Waals surface area contributed by atoms with Crippen LogP contribution in [0.15, 0.2) is 30.3 Å². The minimum Gasteiger partial charge on any atom is -0.388 e. The van der Waals surface area contributed by atoms with Gasteiger partial charge in [-0.05, 0) is 0 Å². The highest BCUT2D eigenvalue weighted by Gasteiger charge is 2.53. The third-order valence-corrected chi connectivity index (χ3v) is 4.33. The van der Waals surface area contributed by atoms with Gasteiger partial charge in [-0.2, -0.15) is 0 Å². The molecule has 2 fully saturated rings. The number of ether oxygens (including phenoxy) is 2. The summed E-state index contributed by atoms with van der Waals surface area (Å²) in [5, 5.41) is 9.82. The van der Waals surface area contributed by atoms with Gasteiger partial charge >= 0.3 is 0 Å². The van der Waals surface area contributed by atoms with E-state index in [-0.39, 0.29) is 18.2 Å². The monoisotopic (exact) mass is 264 g/mol. The van der Waals surface area contributed by atoms with E-state index in [0.717, 1.165) is 11.0 Å². The standard InChI is InChI=1S/C15H22NO3/c1-16(2,8-11-6-4-3-5-7-11)12-9-18-15-13(17)10-19-14(12)15/h3-7,12-15,17H,8-10H2,1-2H3/q+1/t12-,13-,14-,15-/m1/s1. The van der Waals surface area contributed by atoms with Gasteiger partial charge in [0, 0.05) is 5.56 Å². The van der Waals surface area contributed by atoms with Gasteiger partial charge in [0.2, 0.25) is 0 Å². The lowest BCUT2D eigenvalue weighted by Gasteiger charge is -2.37. The lowest BCUT2D eigenvalue weighted by molar-refractivity contribution is -0.929. The zero-order chi connectivity index (χ0) is 13.5. The van der Waals surface area contributed by atoms with Gasteiger partial charge < -0.3 is 19.1 Å². The van der Waals surface area contributed by atoms with Crippen LogP contribution in [0.5, 0.6) is 0 Å². The predicted molar refractivity (Wildman–Crippen MR) is 71.5 cm³/mol. The van der Waals surface area contributed by atoms with Crippen LogP contribution in [0, 0.1) is 0 Å². The van der Waals surface area contributed by atoms with Crippen molar-refractivity contribution < 1.29 is 19.1 Å². The van der Waals surface area contributed by atoms with Crippen molar-refractivity contribution in [1.29, 1.82) is 0 Å². The van der Waals surface area contributed by atoms with Gasteiger partial charge in [-0.1, -0.05) is 30.3 Å². The molecule has 104 valence electrons. The molecule has 0 bridgehead atoms. The quantitative estimate of drug-likeness (QED) is 0.820. The molecular weight excluding hydrogens is 242 g/mol. The van der Waals surface area contributed by atoms with Crippen molar-refractivity contribution in [1.82, 2.24) is 0 Å². The lowest BCUT2D eigenvalue weighted by Crippen LogP contribution is -2.54. The van der Waals surface area contributed by atoms with Crippen LogP contribution in [-0.2, 0) is 16.0 Å². The lowest BCUT2D eigenvalue weighted by atomic mass is 10.0. The van der Waals surface area contributed by atoms with Crippen LogP contribution in [0.1, 0.15) is 5.56 Å². The Labute approximate surface area is 114 Å². The maximum absolute atomic E-state index is 9.82. The number of aliphatic hydroxyl groups excluding tert-OH is 1. The second-order valence-electron chi connectivity index (χ2n) is 6.15. The Kier molecular flexibility index (Phi) is 3.35. The van der Waals surface area contributed by atoms with Gasteiger partial charge in [-0.3, -0.25) is 0 Å². The summed E-state index contributed by atoms with van der Waals surface area (Å²) in [5.41, 5.74) is 1.31. The topological polar surface area (TPSA) is 38.7 Å². The van der Waals surface area contributed by atoms with E-state index in [4.69, 9.17) is 9.47 Å². The second kappa shape index (κ2) is 4.87. The predicted octanol–water partition coefficient (Wildman–Crippen LogP) is 0.790. The Hall–Kier alpha value is -0.940. The number of fused-ring (bicyclic) bond motifs is 1. The smallest absolute Gasteiger partial charge is 0.142 e. The fourth-order valence-corrected chi connectivity index (χ4v) is 3.23. The molecule has 2 heterocycles. The zero-order valence-corrected chi connectivity index (χ0v) is 11.5. The minimum absolute atomic E-state index is 0.0220. The Morgan fingerprint density at radius 3 is 2.53 bits per heavy atom. The van der Waals surface area contributed by atoms with Gasteiger partial charge in [0.25, 0.3) is 0 Å². The summed E-state index contributed by atoms with van der Waals surface area (Å²) in [4.78, 5) is 0. The van der Waals surface area contributed by atoms with Crippen molar-refractivity contribution >= 4 is 0 Å². The molecule has 19 heavy (non-hydrogen) atoms. The largest absolute Gasteiger partial charge is 0.388 e. The molecule has 1 aromatic carbocycles. The first-order valence-electron chi connectivity index (χ1n) is 6.86. The molecule has 3 rings (SSSR count). The highest BCUT2D eigenvalue weighted by Crippen LogP contribution is 2.32. The van der Waals surface area contributed by atoms with Gasteiger partial charge in [0.15, 0.2) is 0 Å². The second-order valence-corrected chi connectivity index (χ2v) is 6.15. The summed E-state index contributed by atoms with van der Waals surface area (Å²) in [6.45, 7) is 2.00. The summed E-state index contributed by atoms with van der Waals surface area (Å²) in [5.74, 6) is 0. The number of nitrogens with zero attached hydrogens (tertiary/aromatic N) is 1. The summed E-state index contributed by atoms with van der Waals surface area (Å²) >= 11 is 0. The molecule has 0 spiro atoms. The Morgan fingerprint density at radius 1 is 1.11 bits per heavy atom. The van der Waals surface area contributed by atoms with Crippen molar-refractivity contribution in [2.75, 3.05) is 27.3 Å². The first-order valence-corrected chi connectivity index (χ1v) is 6.86. The third-order valence-electron chi connectivity index (χ3n) is 4.33. The fourth-order valence-electron chi connectivity index (χ4n) is 3.23. The minimum atomic E-state index is -0.466. The van der Waals surface area contributed by atoms with E-state index in [1.807, 2.05) is 6.07 Å². The Bertz CT molecular complexity index is 434. The van der Waals surface area contributed by atoms with Gasteiger partial charge in [0.1, 0.15) is 37.5 Å². The molecule has 0 unspecified atom stereocenters. The van der Waals surface area contributed by atoms with E-state index in [1.165, 1.54) is 5.56 Å². The summed E-state index contributed by atoms with van der Waals surface area (Å²) in [6, 6.07) is 10.8. The SMILES string of the molecule is C[N+](C)(Cc1ccccc1)[C@@H]1CO[C@H]2[C@@H]1OC[C@H]2O. The molecule has 0 aliphatic carbocycles. The Morgan fingerprint density at radius 2 is 1.79 bits per heavy atom. The number of hydrogen-bond donors (Lipinski definition) is 1. The first kappa shape index (κ1) is 13.1. The number of likely N-dealkylation sites (N-methyl/N-ethyl adjacent to an activating group) is 1. The molecule has 2 aliphatic heterocycles. The molecule has 0 aromatic heterocycles. The van der Waals surface area contributed by atoms with E-state index in [0.29, 0.717) is 13.2 Å². The number of hydrogen-bond acceptors (Lipinski definition) is 3. The average Bonchev–Trinajstić information content (AvgIpc) is 2.94. The van der Waals surface area contributed by atoms with Crippen molar-refractivity contribution in [2.24, 2.45) is 0 Å². The summed E-state index contributed by atoms with van der Waals surface area (Å²) in [6.07, 6.45) is -0.585. The highest BCUT2D eigenvalue weighted by atomic mass is 16.6. The molecule has 2 saturated heterocycles. The van der Waals surface area contributed by atoms with E-state index < -0.39 is 6.10 Å².